The largest absolute Gasteiger partial charge is 0.534 e. The molecule has 4 nitrogen and oxygen atoms in total. The molecule has 0 amide bonds. The van der Waals surface area contributed by atoms with Crippen molar-refractivity contribution in [3.63, 3.8) is 0 Å². The maximum Gasteiger partial charge on any atom is 0.534 e. The van der Waals surface area contributed by atoms with E-state index < -0.39 is 21.4 Å². The summed E-state index contributed by atoms with van der Waals surface area (Å²) < 4.78 is 63.5. The Hall–Kier alpha value is -1.57. The first-order valence-corrected chi connectivity index (χ1v) is 8.74. The van der Waals surface area contributed by atoms with Crippen LogP contribution in [0.1, 0.15) is 54.4 Å². The molecule has 8 heteroatoms. The van der Waals surface area contributed by atoms with E-state index in [2.05, 4.69) is 4.18 Å². The van der Waals surface area contributed by atoms with E-state index >= 15 is 0 Å². The Morgan fingerprint density at radius 3 is 2.35 bits per heavy atom. The minimum absolute atomic E-state index is 0.106. The molecule has 0 saturated heterocycles. The van der Waals surface area contributed by atoms with Crippen molar-refractivity contribution in [1.82, 2.24) is 0 Å². The van der Waals surface area contributed by atoms with Crippen LogP contribution in [-0.4, -0.2) is 19.7 Å². The van der Waals surface area contributed by atoms with Crippen molar-refractivity contribution in [1.29, 1.82) is 0 Å². The quantitative estimate of drug-likeness (QED) is 0.604. The summed E-state index contributed by atoms with van der Waals surface area (Å²) in [6.07, 6.45) is 5.04. The van der Waals surface area contributed by atoms with Crippen LogP contribution in [0.15, 0.2) is 18.2 Å². The molecule has 23 heavy (non-hydrogen) atoms. The average Bonchev–Trinajstić information content (AvgIpc) is 2.91. The van der Waals surface area contributed by atoms with E-state index in [1.165, 1.54) is 6.07 Å². The van der Waals surface area contributed by atoms with Gasteiger partial charge in [0, 0.05) is 12.0 Å². The van der Waals surface area contributed by atoms with E-state index in [4.69, 9.17) is 0 Å². The molecule has 1 spiro atoms. The van der Waals surface area contributed by atoms with Gasteiger partial charge in [0.2, 0.25) is 0 Å². The molecule has 0 radical (unpaired) electrons. The van der Waals surface area contributed by atoms with Crippen molar-refractivity contribution in [2.75, 3.05) is 0 Å². The zero-order valence-electron chi connectivity index (χ0n) is 12.1. The highest BCUT2D eigenvalue weighted by molar-refractivity contribution is 7.88. The van der Waals surface area contributed by atoms with Gasteiger partial charge in [0.05, 0.1) is 0 Å². The first-order valence-electron chi connectivity index (χ1n) is 7.33. The minimum Gasteiger partial charge on any atom is -0.376 e. The second kappa shape index (κ2) is 5.22. The van der Waals surface area contributed by atoms with Gasteiger partial charge in [0.1, 0.15) is 5.75 Å². The molecule has 3 rings (SSSR count). The highest BCUT2D eigenvalue weighted by Gasteiger charge is 2.49. The van der Waals surface area contributed by atoms with Gasteiger partial charge < -0.3 is 4.18 Å². The Bertz CT molecular complexity index is 746. The van der Waals surface area contributed by atoms with Crippen LogP contribution in [0.25, 0.3) is 0 Å². The van der Waals surface area contributed by atoms with Crippen molar-refractivity contribution in [2.24, 2.45) is 0 Å². The standard InChI is InChI=1S/C15H15F3O4S/c16-15(17,18)23(20,21)22-10-3-4-12-11(9-10)13(19)5-8-14(12)6-1-2-7-14/h3-4,9H,1-2,5-8H2. The van der Waals surface area contributed by atoms with Crippen LogP contribution in [0.3, 0.4) is 0 Å². The molecule has 0 aliphatic heterocycles. The molecule has 126 valence electrons. The predicted molar refractivity (Wildman–Crippen MR) is 75.8 cm³/mol. The second-order valence-corrected chi connectivity index (χ2v) is 7.64. The summed E-state index contributed by atoms with van der Waals surface area (Å²) in [5.41, 5.74) is -4.51. The van der Waals surface area contributed by atoms with Gasteiger partial charge >= 0.3 is 15.6 Å². The topological polar surface area (TPSA) is 60.4 Å². The van der Waals surface area contributed by atoms with E-state index in [0.717, 1.165) is 43.7 Å². The predicted octanol–water partition coefficient (Wildman–Crippen LogP) is 3.70. The fourth-order valence-electron chi connectivity index (χ4n) is 3.64. The second-order valence-electron chi connectivity index (χ2n) is 6.10. The summed E-state index contributed by atoms with van der Waals surface area (Å²) in [5.74, 6) is -0.670. The third-order valence-corrected chi connectivity index (χ3v) is 5.72. The number of hydrogen-bond donors (Lipinski definition) is 0. The maximum atomic E-state index is 12.4. The summed E-state index contributed by atoms with van der Waals surface area (Å²) in [6.45, 7) is 0. The molecule has 0 N–H and O–H groups in total. The van der Waals surface area contributed by atoms with E-state index in [1.807, 2.05) is 0 Å². The molecule has 1 aromatic carbocycles. The first-order chi connectivity index (χ1) is 10.6. The van der Waals surface area contributed by atoms with Gasteiger partial charge in [-0.3, -0.25) is 4.79 Å². The third kappa shape index (κ3) is 2.73. The summed E-state index contributed by atoms with van der Waals surface area (Å²) in [4.78, 5) is 12.1. The van der Waals surface area contributed by atoms with Crippen molar-refractivity contribution in [2.45, 2.75) is 49.4 Å². The van der Waals surface area contributed by atoms with Crippen LogP contribution < -0.4 is 4.18 Å². The fourth-order valence-corrected chi connectivity index (χ4v) is 4.09. The highest BCUT2D eigenvalue weighted by Crippen LogP contribution is 2.49. The zero-order valence-corrected chi connectivity index (χ0v) is 13.0. The van der Waals surface area contributed by atoms with Gasteiger partial charge in [-0.05, 0) is 42.4 Å². The lowest BCUT2D eigenvalue weighted by atomic mass is 9.68. The Labute approximate surface area is 131 Å². The first kappa shape index (κ1) is 16.3. The Kier molecular flexibility index (Phi) is 3.70. The SMILES string of the molecule is O=C1CCC2(CCCC2)c2ccc(OS(=O)(=O)C(F)(F)F)cc21. The molecule has 0 heterocycles. The number of halogens is 3. The maximum absolute atomic E-state index is 12.4. The van der Waals surface area contributed by atoms with E-state index in [9.17, 15) is 26.4 Å². The van der Waals surface area contributed by atoms with Crippen LogP contribution in [0, 0.1) is 0 Å². The van der Waals surface area contributed by atoms with Gasteiger partial charge in [0.15, 0.2) is 5.78 Å². The molecule has 2 aliphatic rings. The number of Topliss-reactive ketones (excluding diaryl/α,β-unsaturated/α-hetero) is 1. The molecule has 2 aliphatic carbocycles. The highest BCUT2D eigenvalue weighted by atomic mass is 32.2. The van der Waals surface area contributed by atoms with Gasteiger partial charge in [0.25, 0.3) is 0 Å². The number of benzene rings is 1. The van der Waals surface area contributed by atoms with Crippen molar-refractivity contribution >= 4 is 15.9 Å². The molecule has 0 atom stereocenters. The Morgan fingerprint density at radius 1 is 1.09 bits per heavy atom. The van der Waals surface area contributed by atoms with Crippen LogP contribution in [0.5, 0.6) is 5.75 Å². The van der Waals surface area contributed by atoms with E-state index in [-0.39, 0.29) is 16.8 Å². The number of hydrogen-bond acceptors (Lipinski definition) is 4. The molecular weight excluding hydrogens is 333 g/mol. The summed E-state index contributed by atoms with van der Waals surface area (Å²) in [5, 5.41) is 0. The Balaban J connectivity index is 1.99. The Morgan fingerprint density at radius 2 is 1.74 bits per heavy atom. The summed E-state index contributed by atoms with van der Waals surface area (Å²) in [7, 11) is -5.73. The smallest absolute Gasteiger partial charge is 0.376 e. The van der Waals surface area contributed by atoms with Crippen LogP contribution in [-0.2, 0) is 15.5 Å². The van der Waals surface area contributed by atoms with Crippen molar-refractivity contribution in [3.05, 3.63) is 29.3 Å². The number of rotatable bonds is 2. The van der Waals surface area contributed by atoms with Gasteiger partial charge in [-0.15, -0.1) is 0 Å². The number of carbonyl (C=O) groups is 1. The monoisotopic (exact) mass is 348 g/mol. The average molecular weight is 348 g/mol. The molecule has 0 bridgehead atoms. The lowest BCUT2D eigenvalue weighted by Gasteiger charge is -2.35. The van der Waals surface area contributed by atoms with Crippen LogP contribution in [0.2, 0.25) is 0 Å². The van der Waals surface area contributed by atoms with Crippen molar-refractivity contribution in [3.8, 4) is 5.75 Å². The van der Waals surface area contributed by atoms with Crippen LogP contribution >= 0.6 is 0 Å². The lowest BCUT2D eigenvalue weighted by molar-refractivity contribution is -0.0500. The van der Waals surface area contributed by atoms with Gasteiger partial charge in [-0.25, -0.2) is 0 Å². The summed E-state index contributed by atoms with van der Waals surface area (Å²) in [6, 6.07) is 3.86. The number of carbonyl (C=O) groups excluding carboxylic acids is 1. The number of alkyl halides is 3. The number of fused-ring (bicyclic) bond motifs is 2. The molecule has 0 unspecified atom stereocenters. The fraction of sp³-hybridized carbons (Fsp3) is 0.533. The van der Waals surface area contributed by atoms with Gasteiger partial charge in [-0.1, -0.05) is 18.9 Å². The third-order valence-electron chi connectivity index (χ3n) is 4.74. The molecular formula is C15H15F3O4S. The molecule has 0 aromatic heterocycles. The molecule has 1 fully saturated rings. The zero-order chi connectivity index (χ0) is 16.9. The molecule has 1 saturated carbocycles. The van der Waals surface area contributed by atoms with E-state index in [0.29, 0.717) is 6.42 Å². The van der Waals surface area contributed by atoms with E-state index in [1.54, 1.807) is 6.07 Å². The lowest BCUT2D eigenvalue weighted by Crippen LogP contribution is -2.31. The van der Waals surface area contributed by atoms with Crippen LogP contribution in [0.4, 0.5) is 13.2 Å². The minimum atomic E-state index is -5.73. The normalized spacial score (nSPS) is 20.6. The molecule has 1 aromatic rings. The van der Waals surface area contributed by atoms with Gasteiger partial charge in [-0.2, -0.15) is 21.6 Å². The van der Waals surface area contributed by atoms with Crippen molar-refractivity contribution < 1.29 is 30.6 Å². The number of ketones is 1. The summed E-state index contributed by atoms with van der Waals surface area (Å²) >= 11 is 0.